The van der Waals surface area contributed by atoms with Crippen molar-refractivity contribution >= 4 is 0 Å². The first-order valence-electron chi connectivity index (χ1n) is 6.23. The van der Waals surface area contributed by atoms with Gasteiger partial charge in [0, 0.05) is 0 Å². The second kappa shape index (κ2) is 5.02. The third-order valence-electron chi connectivity index (χ3n) is 4.11. The van der Waals surface area contributed by atoms with Crippen LogP contribution in [0.5, 0.6) is 0 Å². The van der Waals surface area contributed by atoms with E-state index < -0.39 is 0 Å². The molecule has 0 heterocycles. The van der Waals surface area contributed by atoms with E-state index in [4.69, 9.17) is 0 Å². The summed E-state index contributed by atoms with van der Waals surface area (Å²) in [4.78, 5) is 0. The summed E-state index contributed by atoms with van der Waals surface area (Å²) in [5.41, 5.74) is 0.697. The molecule has 1 atom stereocenters. The Morgan fingerprint density at radius 2 is 1.69 bits per heavy atom. The molecule has 0 N–H and O–H groups in total. The van der Waals surface area contributed by atoms with E-state index in [1.165, 1.54) is 51.4 Å². The Hall–Kier alpha value is 0. The summed E-state index contributed by atoms with van der Waals surface area (Å²) in [5.74, 6) is 0.998. The second-order valence-electron chi connectivity index (χ2n) is 5.11. The maximum Gasteiger partial charge on any atom is -0.0298 e. The van der Waals surface area contributed by atoms with Crippen LogP contribution in [0.2, 0.25) is 0 Å². The van der Waals surface area contributed by atoms with Gasteiger partial charge in [0.15, 0.2) is 0 Å². The minimum absolute atomic E-state index is 0.697. The van der Waals surface area contributed by atoms with Crippen molar-refractivity contribution in [1.29, 1.82) is 0 Å². The van der Waals surface area contributed by atoms with Gasteiger partial charge in [-0.25, -0.2) is 0 Å². The van der Waals surface area contributed by atoms with Crippen LogP contribution >= 0.6 is 0 Å². The lowest BCUT2D eigenvalue weighted by atomic mass is 9.65. The van der Waals surface area contributed by atoms with Gasteiger partial charge in [-0.1, -0.05) is 59.3 Å². The van der Waals surface area contributed by atoms with Crippen LogP contribution in [0.3, 0.4) is 0 Å². The van der Waals surface area contributed by atoms with Crippen LogP contribution in [0.25, 0.3) is 0 Å². The van der Waals surface area contributed by atoms with Gasteiger partial charge >= 0.3 is 0 Å². The van der Waals surface area contributed by atoms with Gasteiger partial charge in [0.2, 0.25) is 0 Å². The lowest BCUT2D eigenvalue weighted by molar-refractivity contribution is 0.107. The Bertz CT molecular complexity index is 131. The molecule has 0 aliphatic heterocycles. The van der Waals surface area contributed by atoms with Crippen molar-refractivity contribution in [2.45, 2.75) is 72.1 Å². The Labute approximate surface area is 84.1 Å². The summed E-state index contributed by atoms with van der Waals surface area (Å²) >= 11 is 0. The zero-order chi connectivity index (χ0) is 9.73. The van der Waals surface area contributed by atoms with Gasteiger partial charge in [0.25, 0.3) is 0 Å². The normalized spacial score (nSPS) is 24.2. The molecule has 0 aromatic carbocycles. The highest BCUT2D eigenvalue weighted by Gasteiger charge is 2.33. The molecule has 78 valence electrons. The fourth-order valence-electron chi connectivity index (χ4n) is 3.16. The largest absolute Gasteiger partial charge is 0.0654 e. The van der Waals surface area contributed by atoms with Crippen LogP contribution in [-0.2, 0) is 0 Å². The molecule has 0 saturated heterocycles. The molecule has 1 saturated carbocycles. The molecule has 0 radical (unpaired) electrons. The zero-order valence-corrected chi connectivity index (χ0v) is 9.73. The van der Waals surface area contributed by atoms with Crippen LogP contribution in [0.4, 0.5) is 0 Å². The molecule has 0 spiro atoms. The number of hydrogen-bond donors (Lipinski definition) is 0. The lowest BCUT2D eigenvalue weighted by Gasteiger charge is -2.40. The summed E-state index contributed by atoms with van der Waals surface area (Å²) in [7, 11) is 0. The average molecular weight is 182 g/mol. The van der Waals surface area contributed by atoms with Gasteiger partial charge < -0.3 is 0 Å². The van der Waals surface area contributed by atoms with E-state index in [9.17, 15) is 0 Å². The molecule has 13 heavy (non-hydrogen) atoms. The van der Waals surface area contributed by atoms with Crippen LogP contribution in [0, 0.1) is 11.3 Å². The summed E-state index contributed by atoms with van der Waals surface area (Å²) in [6.45, 7) is 7.24. The molecule has 1 aliphatic rings. The molecule has 0 aromatic rings. The molecule has 1 fully saturated rings. The van der Waals surface area contributed by atoms with Crippen LogP contribution in [-0.4, -0.2) is 0 Å². The van der Waals surface area contributed by atoms with Gasteiger partial charge in [0.1, 0.15) is 0 Å². The molecule has 1 unspecified atom stereocenters. The SMILES string of the molecule is CCCC(CC)C1(C)CCCCC1. The molecule has 0 aromatic heterocycles. The lowest BCUT2D eigenvalue weighted by Crippen LogP contribution is -2.29. The maximum absolute atomic E-state index is 2.54. The molecule has 1 aliphatic carbocycles. The highest BCUT2D eigenvalue weighted by Crippen LogP contribution is 2.45. The van der Waals surface area contributed by atoms with E-state index in [1.807, 2.05) is 0 Å². The Morgan fingerprint density at radius 3 is 2.15 bits per heavy atom. The van der Waals surface area contributed by atoms with Gasteiger partial charge in [-0.3, -0.25) is 0 Å². The van der Waals surface area contributed by atoms with E-state index in [0.29, 0.717) is 5.41 Å². The van der Waals surface area contributed by atoms with Gasteiger partial charge in [-0.15, -0.1) is 0 Å². The maximum atomic E-state index is 2.54. The van der Waals surface area contributed by atoms with E-state index in [1.54, 1.807) is 0 Å². The Morgan fingerprint density at radius 1 is 1.08 bits per heavy atom. The van der Waals surface area contributed by atoms with Crippen molar-refractivity contribution in [2.75, 3.05) is 0 Å². The second-order valence-corrected chi connectivity index (χ2v) is 5.11. The number of rotatable bonds is 4. The first-order chi connectivity index (χ1) is 6.23. The number of hydrogen-bond acceptors (Lipinski definition) is 0. The molecule has 0 heteroatoms. The van der Waals surface area contributed by atoms with E-state index in [-0.39, 0.29) is 0 Å². The fraction of sp³-hybridized carbons (Fsp3) is 1.00. The molecular formula is C13H26. The zero-order valence-electron chi connectivity index (χ0n) is 9.73. The van der Waals surface area contributed by atoms with E-state index in [2.05, 4.69) is 20.8 Å². The highest BCUT2D eigenvalue weighted by atomic mass is 14.4. The molecule has 0 bridgehead atoms. The van der Waals surface area contributed by atoms with Gasteiger partial charge in [-0.2, -0.15) is 0 Å². The quantitative estimate of drug-likeness (QED) is 0.587. The van der Waals surface area contributed by atoms with Crippen LogP contribution in [0.15, 0.2) is 0 Å². The molecular weight excluding hydrogens is 156 g/mol. The summed E-state index contributed by atoms with van der Waals surface area (Å²) < 4.78 is 0. The fourth-order valence-corrected chi connectivity index (χ4v) is 3.16. The average Bonchev–Trinajstić information content (AvgIpc) is 2.15. The smallest absolute Gasteiger partial charge is 0.0298 e. The third-order valence-corrected chi connectivity index (χ3v) is 4.11. The Balaban J connectivity index is 2.52. The first kappa shape index (κ1) is 11.1. The van der Waals surface area contributed by atoms with E-state index in [0.717, 1.165) is 5.92 Å². The van der Waals surface area contributed by atoms with Gasteiger partial charge in [0.05, 0.1) is 0 Å². The van der Waals surface area contributed by atoms with Crippen molar-refractivity contribution in [1.82, 2.24) is 0 Å². The van der Waals surface area contributed by atoms with Crippen LogP contribution < -0.4 is 0 Å². The molecule has 0 nitrogen and oxygen atoms in total. The summed E-state index contributed by atoms with van der Waals surface area (Å²) in [5, 5.41) is 0. The minimum Gasteiger partial charge on any atom is -0.0654 e. The summed E-state index contributed by atoms with van der Waals surface area (Å²) in [6.07, 6.45) is 11.6. The van der Waals surface area contributed by atoms with Crippen molar-refractivity contribution in [2.24, 2.45) is 11.3 Å². The standard InChI is InChI=1S/C13H26/c1-4-9-12(5-2)13(3)10-7-6-8-11-13/h12H,4-11H2,1-3H3. The topological polar surface area (TPSA) is 0 Å². The predicted octanol–water partition coefficient (Wildman–Crippen LogP) is 4.78. The monoisotopic (exact) mass is 182 g/mol. The minimum atomic E-state index is 0.697. The summed E-state index contributed by atoms with van der Waals surface area (Å²) in [6, 6.07) is 0. The van der Waals surface area contributed by atoms with Crippen molar-refractivity contribution in [3.8, 4) is 0 Å². The molecule has 0 amide bonds. The van der Waals surface area contributed by atoms with E-state index >= 15 is 0 Å². The Kier molecular flexibility index (Phi) is 4.28. The third kappa shape index (κ3) is 2.72. The molecule has 1 rings (SSSR count). The van der Waals surface area contributed by atoms with Crippen molar-refractivity contribution in [3.05, 3.63) is 0 Å². The van der Waals surface area contributed by atoms with Crippen LogP contribution in [0.1, 0.15) is 72.1 Å². The predicted molar refractivity (Wildman–Crippen MR) is 59.9 cm³/mol. The van der Waals surface area contributed by atoms with Crippen molar-refractivity contribution < 1.29 is 0 Å². The van der Waals surface area contributed by atoms with Gasteiger partial charge in [-0.05, 0) is 24.2 Å². The first-order valence-corrected chi connectivity index (χ1v) is 6.23. The van der Waals surface area contributed by atoms with Crippen molar-refractivity contribution in [3.63, 3.8) is 0 Å². The highest BCUT2D eigenvalue weighted by molar-refractivity contribution is 4.84.